The van der Waals surface area contributed by atoms with E-state index in [0.717, 1.165) is 6.42 Å². The van der Waals surface area contributed by atoms with E-state index in [1.54, 1.807) is 0 Å². The molecule has 0 aromatic carbocycles. The van der Waals surface area contributed by atoms with Gasteiger partial charge in [-0.25, -0.2) is 0 Å². The molecule has 0 atom stereocenters. The second-order valence-electron chi connectivity index (χ2n) is 2.59. The van der Waals surface area contributed by atoms with Crippen molar-refractivity contribution in [2.45, 2.75) is 39.5 Å². The van der Waals surface area contributed by atoms with Gasteiger partial charge in [-0.3, -0.25) is 4.79 Å². The Morgan fingerprint density at radius 3 is 2.67 bits per heavy atom. The van der Waals surface area contributed by atoms with Crippen LogP contribution in [0.1, 0.15) is 39.5 Å². The number of carbonyl (C=O) groups is 1. The number of carbonyl (C=O) groups excluding carboxylic acids is 1. The monoisotopic (exact) mass is 188 g/mol. The van der Waals surface area contributed by atoms with Gasteiger partial charge in [0.05, 0.1) is 0 Å². The second kappa shape index (κ2) is 8.74. The lowest BCUT2D eigenvalue weighted by molar-refractivity contribution is -0.132. The quantitative estimate of drug-likeness (QED) is 0.450. The summed E-state index contributed by atoms with van der Waals surface area (Å²) in [6, 6.07) is 0. The van der Waals surface area contributed by atoms with E-state index in [2.05, 4.69) is 11.3 Å². The molecule has 0 aliphatic heterocycles. The van der Waals surface area contributed by atoms with Gasteiger partial charge in [-0.1, -0.05) is 26.2 Å². The van der Waals surface area contributed by atoms with Crippen LogP contribution in [0, 0.1) is 0 Å². The molecular formula is C8H16O3Si. The Bertz CT molecular complexity index is 117. The molecule has 0 aliphatic rings. The van der Waals surface area contributed by atoms with Crippen LogP contribution in [0.3, 0.4) is 0 Å². The maximum Gasteiger partial charge on any atom is 0.523 e. The Morgan fingerprint density at radius 2 is 2.08 bits per heavy atom. The fraction of sp³-hybridized carbons (Fsp3) is 0.875. The fourth-order valence-corrected chi connectivity index (χ4v) is 1.13. The summed E-state index contributed by atoms with van der Waals surface area (Å²) in [5.41, 5.74) is 0. The van der Waals surface area contributed by atoms with E-state index in [9.17, 15) is 4.79 Å². The highest BCUT2D eigenvalue weighted by Crippen LogP contribution is 1.98. The Morgan fingerprint density at radius 1 is 1.33 bits per heavy atom. The van der Waals surface area contributed by atoms with Crippen molar-refractivity contribution >= 4 is 16.0 Å². The van der Waals surface area contributed by atoms with Gasteiger partial charge in [-0.2, -0.15) is 0 Å². The van der Waals surface area contributed by atoms with E-state index < -0.39 is 0 Å². The summed E-state index contributed by atoms with van der Waals surface area (Å²) >= 11 is 0. The van der Waals surface area contributed by atoms with E-state index in [4.69, 9.17) is 4.43 Å². The summed E-state index contributed by atoms with van der Waals surface area (Å²) in [4.78, 5) is 10.3. The summed E-state index contributed by atoms with van der Waals surface area (Å²) in [7, 11) is -0.125. The highest BCUT2D eigenvalue weighted by molar-refractivity contribution is 6.22. The zero-order valence-electron chi connectivity index (χ0n) is 7.76. The zero-order chi connectivity index (χ0) is 9.23. The van der Waals surface area contributed by atoms with Gasteiger partial charge in [0.1, 0.15) is 0 Å². The Hall–Kier alpha value is -0.353. The van der Waals surface area contributed by atoms with Crippen LogP contribution >= 0.6 is 0 Å². The van der Waals surface area contributed by atoms with Crippen molar-refractivity contribution < 1.29 is 13.6 Å². The van der Waals surface area contributed by atoms with E-state index in [0.29, 0.717) is 6.61 Å². The molecule has 0 spiro atoms. The van der Waals surface area contributed by atoms with Gasteiger partial charge in [0, 0.05) is 13.5 Å². The first-order chi connectivity index (χ1) is 5.77. The van der Waals surface area contributed by atoms with Crippen molar-refractivity contribution in [1.82, 2.24) is 0 Å². The van der Waals surface area contributed by atoms with Gasteiger partial charge in [0.2, 0.25) is 0 Å². The molecule has 0 amide bonds. The summed E-state index contributed by atoms with van der Waals surface area (Å²) in [6.07, 6.45) is 4.73. The predicted molar refractivity (Wildman–Crippen MR) is 47.6 cm³/mol. The molecule has 0 heterocycles. The lowest BCUT2D eigenvalue weighted by Gasteiger charge is -2.00. The molecule has 0 saturated heterocycles. The van der Waals surface area contributed by atoms with E-state index in [1.807, 2.05) is 0 Å². The molecule has 0 fully saturated rings. The van der Waals surface area contributed by atoms with Gasteiger partial charge >= 0.3 is 10.0 Å². The van der Waals surface area contributed by atoms with Crippen LogP contribution < -0.4 is 0 Å². The van der Waals surface area contributed by atoms with Crippen molar-refractivity contribution in [2.24, 2.45) is 0 Å². The van der Waals surface area contributed by atoms with Crippen molar-refractivity contribution in [1.29, 1.82) is 0 Å². The standard InChI is InChI=1S/C8H16O3Si/c1-3-4-5-6-7-10-12-11-8(2)9/h3-7H2,1-2H3. The third-order valence-electron chi connectivity index (χ3n) is 1.34. The van der Waals surface area contributed by atoms with Crippen LogP contribution in [0.4, 0.5) is 0 Å². The van der Waals surface area contributed by atoms with Crippen LogP contribution in [0.5, 0.6) is 0 Å². The predicted octanol–water partition coefficient (Wildman–Crippen LogP) is 1.68. The van der Waals surface area contributed by atoms with Crippen LogP contribution in [0.25, 0.3) is 0 Å². The first kappa shape index (κ1) is 11.6. The molecule has 0 aromatic heterocycles. The number of rotatable bonds is 7. The van der Waals surface area contributed by atoms with Crippen LogP contribution in [0.15, 0.2) is 0 Å². The minimum atomic E-state index is -0.276. The molecule has 0 rings (SSSR count). The van der Waals surface area contributed by atoms with Gasteiger partial charge in [0.15, 0.2) is 0 Å². The van der Waals surface area contributed by atoms with Crippen LogP contribution in [0.2, 0.25) is 0 Å². The Kier molecular flexibility index (Phi) is 8.48. The maximum atomic E-state index is 10.3. The maximum absolute atomic E-state index is 10.3. The van der Waals surface area contributed by atoms with Gasteiger partial charge in [-0.15, -0.1) is 0 Å². The molecule has 0 N–H and O–H groups in total. The molecule has 0 aromatic rings. The highest BCUT2D eigenvalue weighted by Gasteiger charge is 1.96. The first-order valence-corrected chi connectivity index (χ1v) is 5.13. The molecule has 0 unspecified atom stereocenters. The number of hydrogen-bond donors (Lipinski definition) is 0. The van der Waals surface area contributed by atoms with E-state index in [1.165, 1.54) is 26.2 Å². The fourth-order valence-electron chi connectivity index (χ4n) is 0.731. The summed E-state index contributed by atoms with van der Waals surface area (Å²) in [5.74, 6) is -0.276. The lowest BCUT2D eigenvalue weighted by Crippen LogP contribution is -2.09. The van der Waals surface area contributed by atoms with Crippen molar-refractivity contribution in [3.05, 3.63) is 0 Å². The second-order valence-corrected chi connectivity index (χ2v) is 3.25. The highest BCUT2D eigenvalue weighted by atomic mass is 28.3. The third kappa shape index (κ3) is 9.65. The average Bonchev–Trinajstić information content (AvgIpc) is 2.02. The molecule has 4 heteroatoms. The molecule has 70 valence electrons. The summed E-state index contributed by atoms with van der Waals surface area (Å²) in [5, 5.41) is 0. The topological polar surface area (TPSA) is 35.5 Å². The third-order valence-corrected chi connectivity index (χ3v) is 2.04. The minimum absolute atomic E-state index is 0.125. The van der Waals surface area contributed by atoms with Gasteiger partial charge in [-0.05, 0) is 6.42 Å². The Balaban J connectivity index is 2.86. The van der Waals surface area contributed by atoms with Gasteiger partial charge in [0.25, 0.3) is 5.97 Å². The lowest BCUT2D eigenvalue weighted by atomic mass is 10.2. The number of unbranched alkanes of at least 4 members (excludes halogenated alkanes) is 3. The smallest absolute Gasteiger partial charge is 0.491 e. The van der Waals surface area contributed by atoms with Crippen molar-refractivity contribution in [2.75, 3.05) is 6.61 Å². The molecule has 2 radical (unpaired) electrons. The first-order valence-electron chi connectivity index (χ1n) is 4.31. The molecule has 0 saturated carbocycles. The zero-order valence-corrected chi connectivity index (χ0v) is 8.76. The van der Waals surface area contributed by atoms with E-state index in [-0.39, 0.29) is 16.0 Å². The van der Waals surface area contributed by atoms with Crippen molar-refractivity contribution in [3.8, 4) is 0 Å². The molecular weight excluding hydrogens is 172 g/mol. The van der Waals surface area contributed by atoms with Crippen LogP contribution in [-0.2, 0) is 13.6 Å². The number of hydrogen-bond acceptors (Lipinski definition) is 3. The molecule has 0 bridgehead atoms. The normalized spacial score (nSPS) is 9.83. The molecule has 12 heavy (non-hydrogen) atoms. The molecule has 0 aliphatic carbocycles. The summed E-state index contributed by atoms with van der Waals surface area (Å²) < 4.78 is 9.69. The SMILES string of the molecule is CCCCCCO[Si]OC(C)=O. The average molecular weight is 188 g/mol. The summed E-state index contributed by atoms with van der Waals surface area (Å²) in [6.45, 7) is 4.25. The Labute approximate surface area is 76.5 Å². The van der Waals surface area contributed by atoms with Crippen LogP contribution in [-0.4, -0.2) is 22.6 Å². The minimum Gasteiger partial charge on any atom is -0.491 e. The van der Waals surface area contributed by atoms with E-state index >= 15 is 0 Å². The van der Waals surface area contributed by atoms with Crippen molar-refractivity contribution in [3.63, 3.8) is 0 Å². The van der Waals surface area contributed by atoms with Gasteiger partial charge < -0.3 is 8.85 Å². The largest absolute Gasteiger partial charge is 0.523 e. The molecule has 3 nitrogen and oxygen atoms in total.